The molecule has 5 atom stereocenters. The predicted octanol–water partition coefficient (Wildman–Crippen LogP) is 3.69. The van der Waals surface area contributed by atoms with E-state index in [0.717, 1.165) is 41.9 Å². The van der Waals surface area contributed by atoms with Gasteiger partial charge in [-0.15, -0.1) is 0 Å². The van der Waals surface area contributed by atoms with E-state index in [1.54, 1.807) is 0 Å². The van der Waals surface area contributed by atoms with E-state index in [4.69, 9.17) is 5.11 Å². The van der Waals surface area contributed by atoms with Gasteiger partial charge in [0.1, 0.15) is 12.2 Å². The molecule has 4 aliphatic rings. The number of piperidine rings is 2. The van der Waals surface area contributed by atoms with Crippen LogP contribution in [0.4, 0.5) is 0 Å². The molecule has 2 aromatic rings. The first kappa shape index (κ1) is 26.2. The van der Waals surface area contributed by atoms with Crippen LogP contribution in [0.5, 0.6) is 0 Å². The lowest BCUT2D eigenvalue weighted by Crippen LogP contribution is -2.58. The van der Waals surface area contributed by atoms with Gasteiger partial charge < -0.3 is 15.0 Å². The molecule has 6 rings (SSSR count). The van der Waals surface area contributed by atoms with Crippen LogP contribution in [0, 0.1) is 11.8 Å². The quantitative estimate of drug-likeness (QED) is 0.525. The number of aromatic nitrogens is 2. The van der Waals surface area contributed by atoms with Crippen LogP contribution in [-0.2, 0) is 16.1 Å². The molecule has 2 aliphatic heterocycles. The Bertz CT molecular complexity index is 1300. The number of para-hydroxylation sites is 2. The first-order valence-corrected chi connectivity index (χ1v) is 14.7. The Morgan fingerprint density at radius 3 is 2.36 bits per heavy atom. The molecule has 4 fully saturated rings. The van der Waals surface area contributed by atoms with Gasteiger partial charge >= 0.3 is 5.97 Å². The van der Waals surface area contributed by atoms with Crippen molar-refractivity contribution in [1.82, 2.24) is 19.8 Å². The first-order chi connectivity index (χ1) is 19.0. The normalized spacial score (nSPS) is 30.9. The zero-order valence-electron chi connectivity index (χ0n) is 22.5. The summed E-state index contributed by atoms with van der Waals surface area (Å²) < 4.78 is 1.96. The Balaban J connectivity index is 1.25. The number of hydrogen-bond acceptors (Lipinski definition) is 6. The number of nitrogens with one attached hydrogen (secondary N) is 1. The van der Waals surface area contributed by atoms with Gasteiger partial charge in [-0.3, -0.25) is 24.3 Å². The highest BCUT2D eigenvalue weighted by atomic mass is 16.4. The number of amides is 1. The van der Waals surface area contributed by atoms with E-state index >= 15 is 0 Å². The zero-order valence-corrected chi connectivity index (χ0v) is 22.5. The van der Waals surface area contributed by atoms with E-state index in [-0.39, 0.29) is 18.1 Å². The van der Waals surface area contributed by atoms with Crippen LogP contribution in [-0.4, -0.2) is 62.3 Å². The summed E-state index contributed by atoms with van der Waals surface area (Å²) in [4.78, 5) is 47.8. The molecule has 2 saturated carbocycles. The summed E-state index contributed by atoms with van der Waals surface area (Å²) in [6.45, 7) is -0.504. The van der Waals surface area contributed by atoms with Crippen molar-refractivity contribution in [2.75, 3.05) is 6.54 Å². The second-order valence-corrected chi connectivity index (χ2v) is 12.1. The Morgan fingerprint density at radius 2 is 1.64 bits per heavy atom. The highest BCUT2D eigenvalue weighted by molar-refractivity contribution is 6.26. The Hall–Kier alpha value is -3.07. The van der Waals surface area contributed by atoms with E-state index in [2.05, 4.69) is 20.2 Å². The van der Waals surface area contributed by atoms with Crippen molar-refractivity contribution in [3.8, 4) is 0 Å². The maximum absolute atomic E-state index is 13.9. The van der Waals surface area contributed by atoms with Gasteiger partial charge in [0.15, 0.2) is 0 Å². The lowest BCUT2D eigenvalue weighted by Gasteiger charge is -2.55. The van der Waals surface area contributed by atoms with Crippen LogP contribution in [0.15, 0.2) is 34.1 Å². The van der Waals surface area contributed by atoms with E-state index < -0.39 is 18.4 Å². The fourth-order valence-electron chi connectivity index (χ4n) is 8.24. The van der Waals surface area contributed by atoms with Gasteiger partial charge in [0, 0.05) is 24.2 Å². The van der Waals surface area contributed by atoms with Crippen LogP contribution in [0.2, 0.25) is 0 Å². The Labute approximate surface area is 228 Å². The third kappa shape index (κ3) is 5.51. The maximum atomic E-state index is 13.9. The average molecular weight is 534 g/mol. The van der Waals surface area contributed by atoms with Crippen molar-refractivity contribution in [3.05, 3.63) is 40.3 Å². The number of hydrogen-bond donors (Lipinski definition) is 2. The average Bonchev–Trinajstić information content (AvgIpc) is 2.91. The van der Waals surface area contributed by atoms with Gasteiger partial charge in [-0.05, 0) is 68.9 Å². The molecule has 1 amide bonds. The van der Waals surface area contributed by atoms with E-state index in [0.29, 0.717) is 23.8 Å². The van der Waals surface area contributed by atoms with E-state index in [1.165, 1.54) is 57.8 Å². The minimum absolute atomic E-state index is 0.0296. The number of carboxylic acid groups (broad SMARTS) is 1. The van der Waals surface area contributed by atoms with Gasteiger partial charge in [-0.2, -0.15) is 0 Å². The summed E-state index contributed by atoms with van der Waals surface area (Å²) in [7, 11) is 0. The number of fused-ring (bicyclic) bond motifs is 5. The summed E-state index contributed by atoms with van der Waals surface area (Å²) in [5.41, 5.74) is 1.74. The second-order valence-electron chi connectivity index (χ2n) is 12.1. The largest absolute Gasteiger partial charge is 0.480 e. The van der Waals surface area contributed by atoms with Crippen LogP contribution in [0.3, 0.4) is 0 Å². The number of nitrogens with zero attached hydrogens (tertiary/aromatic N) is 4. The van der Waals surface area contributed by atoms with Crippen molar-refractivity contribution in [3.63, 3.8) is 0 Å². The molecule has 2 aliphatic carbocycles. The summed E-state index contributed by atoms with van der Waals surface area (Å²) in [5.74, 6) is 0.150. The number of carbonyl (C=O) groups is 2. The Kier molecular flexibility index (Phi) is 7.51. The number of aliphatic carboxylic acids is 1. The molecule has 0 radical (unpaired) electrons. The fraction of sp³-hybridized carbons (Fsp3) is 0.633. The molecule has 2 N–H and O–H groups in total. The van der Waals surface area contributed by atoms with Gasteiger partial charge in [0.05, 0.1) is 23.8 Å². The van der Waals surface area contributed by atoms with Crippen LogP contribution in [0.1, 0.15) is 82.4 Å². The molecule has 9 heteroatoms. The fourth-order valence-corrected chi connectivity index (χ4v) is 8.24. The number of carboxylic acids is 1. The summed E-state index contributed by atoms with van der Waals surface area (Å²) in [5, 5.41) is 11.4. The van der Waals surface area contributed by atoms with Gasteiger partial charge in [0.2, 0.25) is 0 Å². The molecule has 4 unspecified atom stereocenters. The van der Waals surface area contributed by atoms with Gasteiger partial charge in [-0.25, -0.2) is 4.98 Å². The van der Waals surface area contributed by atoms with E-state index in [1.807, 2.05) is 28.8 Å². The van der Waals surface area contributed by atoms with Crippen molar-refractivity contribution in [2.24, 2.45) is 16.8 Å². The molecule has 9 nitrogen and oxygen atoms in total. The standard InChI is InChI=1S/C30H39N5O4/c36-28(17-31-18-29(37)38)32-16-26-30(39)35(27-10-2-1-9-25(27)33-26)24-14-21-7-4-8-22(15-24)34(21)23-12-19-5-3-6-20(11-19)13-23/h1-2,9-10,17,19-24H,3-8,11-16,18H2,(H,32,36)(H,37,38)/b31-17+/t19?,20?,21-,22?,23?,24?/m1/s1. The molecular weight excluding hydrogens is 494 g/mol. The van der Waals surface area contributed by atoms with Crippen molar-refractivity contribution >= 4 is 29.1 Å². The summed E-state index contributed by atoms with van der Waals surface area (Å²) in [6.07, 6.45) is 14.9. The molecule has 2 saturated heterocycles. The molecule has 208 valence electrons. The van der Waals surface area contributed by atoms with Crippen LogP contribution < -0.4 is 10.9 Å². The van der Waals surface area contributed by atoms with Gasteiger partial charge in [-0.1, -0.05) is 37.8 Å². The molecular formula is C30H39N5O4. The molecule has 1 aromatic heterocycles. The van der Waals surface area contributed by atoms with E-state index in [9.17, 15) is 14.4 Å². The number of carbonyl (C=O) groups excluding carboxylic acids is 1. The lowest BCUT2D eigenvalue weighted by atomic mass is 9.68. The molecule has 4 bridgehead atoms. The minimum Gasteiger partial charge on any atom is -0.480 e. The number of aliphatic imine (C=N–C) groups is 1. The second kappa shape index (κ2) is 11.2. The topological polar surface area (TPSA) is 117 Å². The third-order valence-corrected chi connectivity index (χ3v) is 9.62. The van der Waals surface area contributed by atoms with Crippen LogP contribution in [0.25, 0.3) is 11.0 Å². The van der Waals surface area contributed by atoms with Gasteiger partial charge in [0.25, 0.3) is 11.5 Å². The SMILES string of the molecule is O=C(O)C/N=C/C(=O)NCc1nc2ccccc2n(C2CC3CCC[C@H](C2)N3C2CC3CCCC(C3)C2)c1=O. The summed E-state index contributed by atoms with van der Waals surface area (Å²) in [6, 6.07) is 9.60. The molecule has 1 aromatic carbocycles. The monoisotopic (exact) mass is 533 g/mol. The third-order valence-electron chi connectivity index (χ3n) is 9.62. The van der Waals surface area contributed by atoms with Crippen LogP contribution >= 0.6 is 0 Å². The number of rotatable bonds is 7. The molecule has 3 heterocycles. The molecule has 39 heavy (non-hydrogen) atoms. The van der Waals surface area contributed by atoms with Crippen molar-refractivity contribution in [2.45, 2.75) is 101 Å². The first-order valence-electron chi connectivity index (χ1n) is 14.7. The zero-order chi connectivity index (χ0) is 26.9. The Morgan fingerprint density at radius 1 is 0.949 bits per heavy atom. The molecule has 0 spiro atoms. The minimum atomic E-state index is -1.11. The lowest BCUT2D eigenvalue weighted by molar-refractivity contribution is -0.135. The maximum Gasteiger partial charge on any atom is 0.325 e. The number of benzene rings is 1. The highest BCUT2D eigenvalue weighted by Crippen LogP contribution is 2.47. The highest BCUT2D eigenvalue weighted by Gasteiger charge is 2.45. The summed E-state index contributed by atoms with van der Waals surface area (Å²) >= 11 is 0. The predicted molar refractivity (Wildman–Crippen MR) is 149 cm³/mol. The van der Waals surface area contributed by atoms with Crippen molar-refractivity contribution < 1.29 is 14.7 Å². The van der Waals surface area contributed by atoms with Crippen molar-refractivity contribution in [1.29, 1.82) is 0 Å². The smallest absolute Gasteiger partial charge is 0.325 e.